The molecule has 10 heteroatoms. The van der Waals surface area contributed by atoms with Gasteiger partial charge in [-0.2, -0.15) is 9.61 Å². The van der Waals surface area contributed by atoms with Crippen LogP contribution in [0.2, 0.25) is 0 Å². The van der Waals surface area contributed by atoms with Crippen molar-refractivity contribution in [3.05, 3.63) is 48.4 Å². The molecule has 1 saturated heterocycles. The minimum Gasteiger partial charge on any atom is -0.393 e. The molecule has 4 aromatic heterocycles. The van der Waals surface area contributed by atoms with E-state index in [9.17, 15) is 5.11 Å². The quantitative estimate of drug-likeness (QED) is 0.459. The largest absolute Gasteiger partial charge is 0.393 e. The Bertz CT molecular complexity index is 1160. The SMILES string of the molecule is CC1CN(c2ccncc2Nc2ncc3ccc(-c4nccs4)nn23)C(N)CC1O. The molecular formula is C20H22N8OS. The Morgan fingerprint density at radius 3 is 2.93 bits per heavy atom. The third kappa shape index (κ3) is 3.38. The lowest BCUT2D eigenvalue weighted by atomic mass is 9.94. The number of hydrogen-bond acceptors (Lipinski definition) is 9. The van der Waals surface area contributed by atoms with Crippen molar-refractivity contribution in [2.24, 2.45) is 11.7 Å². The monoisotopic (exact) mass is 422 g/mol. The van der Waals surface area contributed by atoms with Crippen LogP contribution in [-0.2, 0) is 0 Å². The predicted molar refractivity (Wildman–Crippen MR) is 117 cm³/mol. The highest BCUT2D eigenvalue weighted by Gasteiger charge is 2.31. The summed E-state index contributed by atoms with van der Waals surface area (Å²) in [5.74, 6) is 0.705. The molecule has 4 aromatic rings. The fourth-order valence-corrected chi connectivity index (χ4v) is 4.34. The first-order valence-electron chi connectivity index (χ1n) is 9.76. The number of hydrogen-bond donors (Lipinski definition) is 3. The molecule has 0 aliphatic carbocycles. The van der Waals surface area contributed by atoms with Crippen molar-refractivity contribution < 1.29 is 5.11 Å². The van der Waals surface area contributed by atoms with Crippen molar-refractivity contribution in [2.75, 3.05) is 16.8 Å². The summed E-state index contributed by atoms with van der Waals surface area (Å²) in [4.78, 5) is 15.2. The summed E-state index contributed by atoms with van der Waals surface area (Å²) in [7, 11) is 0. The van der Waals surface area contributed by atoms with Crippen molar-refractivity contribution in [2.45, 2.75) is 25.6 Å². The second-order valence-corrected chi connectivity index (χ2v) is 8.39. The summed E-state index contributed by atoms with van der Waals surface area (Å²) in [6, 6.07) is 5.83. The number of imidazole rings is 1. The summed E-state index contributed by atoms with van der Waals surface area (Å²) < 4.78 is 1.76. The zero-order valence-electron chi connectivity index (χ0n) is 16.4. The number of nitrogens with one attached hydrogen (secondary N) is 1. The number of nitrogens with zero attached hydrogens (tertiary/aromatic N) is 6. The molecular weight excluding hydrogens is 400 g/mol. The normalized spacial score (nSPS) is 21.8. The molecule has 1 aliphatic rings. The number of anilines is 3. The fourth-order valence-electron chi connectivity index (χ4n) is 3.74. The highest BCUT2D eigenvalue weighted by Crippen LogP contribution is 2.33. The van der Waals surface area contributed by atoms with Crippen molar-refractivity contribution in [1.29, 1.82) is 0 Å². The van der Waals surface area contributed by atoms with Gasteiger partial charge in [0.1, 0.15) is 10.7 Å². The van der Waals surface area contributed by atoms with Gasteiger partial charge in [0.05, 0.1) is 41.6 Å². The number of aromatic nitrogens is 5. The van der Waals surface area contributed by atoms with Crippen molar-refractivity contribution in [3.8, 4) is 10.7 Å². The Morgan fingerprint density at radius 1 is 1.20 bits per heavy atom. The van der Waals surface area contributed by atoms with E-state index in [0.717, 1.165) is 27.6 Å². The van der Waals surface area contributed by atoms with Crippen LogP contribution in [-0.4, -0.2) is 48.5 Å². The van der Waals surface area contributed by atoms with Gasteiger partial charge in [0.2, 0.25) is 5.95 Å². The van der Waals surface area contributed by atoms with Gasteiger partial charge in [-0.05, 0) is 24.1 Å². The van der Waals surface area contributed by atoms with E-state index in [2.05, 4.69) is 25.2 Å². The zero-order chi connectivity index (χ0) is 20.7. The van der Waals surface area contributed by atoms with Crippen LogP contribution >= 0.6 is 11.3 Å². The molecule has 5 heterocycles. The van der Waals surface area contributed by atoms with E-state index in [1.807, 2.05) is 30.5 Å². The first-order valence-corrected chi connectivity index (χ1v) is 10.6. The summed E-state index contributed by atoms with van der Waals surface area (Å²) in [5.41, 5.74) is 9.71. The average Bonchev–Trinajstić information content (AvgIpc) is 3.42. The van der Waals surface area contributed by atoms with Gasteiger partial charge in [-0.15, -0.1) is 11.3 Å². The van der Waals surface area contributed by atoms with Crippen LogP contribution in [0.3, 0.4) is 0 Å². The Kier molecular flexibility index (Phi) is 4.81. The molecule has 0 saturated carbocycles. The number of pyridine rings is 1. The minimum atomic E-state index is -0.390. The van der Waals surface area contributed by atoms with E-state index in [0.29, 0.717) is 18.9 Å². The molecule has 154 valence electrons. The number of fused-ring (bicyclic) bond motifs is 1. The van der Waals surface area contributed by atoms with E-state index in [1.54, 1.807) is 40.6 Å². The van der Waals surface area contributed by atoms with E-state index >= 15 is 0 Å². The molecule has 0 bridgehead atoms. The topological polar surface area (TPSA) is 117 Å². The van der Waals surface area contributed by atoms with E-state index < -0.39 is 0 Å². The third-order valence-electron chi connectivity index (χ3n) is 5.41. The Hall–Kier alpha value is -3.08. The smallest absolute Gasteiger partial charge is 0.229 e. The van der Waals surface area contributed by atoms with Crippen molar-refractivity contribution >= 4 is 34.2 Å². The lowest BCUT2D eigenvalue weighted by Gasteiger charge is -2.41. The van der Waals surface area contributed by atoms with Gasteiger partial charge in [0, 0.05) is 30.7 Å². The van der Waals surface area contributed by atoms with Gasteiger partial charge in [0.25, 0.3) is 0 Å². The van der Waals surface area contributed by atoms with Gasteiger partial charge < -0.3 is 21.1 Å². The maximum Gasteiger partial charge on any atom is 0.229 e. The molecule has 1 aliphatic heterocycles. The first kappa shape index (κ1) is 18.9. The minimum absolute atomic E-state index is 0.126. The molecule has 3 unspecified atom stereocenters. The van der Waals surface area contributed by atoms with Crippen LogP contribution in [0.15, 0.2) is 48.4 Å². The van der Waals surface area contributed by atoms with Crippen LogP contribution in [0.5, 0.6) is 0 Å². The molecule has 1 fully saturated rings. The van der Waals surface area contributed by atoms with Crippen molar-refractivity contribution in [1.82, 2.24) is 24.6 Å². The van der Waals surface area contributed by atoms with Crippen molar-refractivity contribution in [3.63, 3.8) is 0 Å². The highest BCUT2D eigenvalue weighted by molar-refractivity contribution is 7.13. The number of aliphatic hydroxyl groups is 1. The molecule has 0 radical (unpaired) electrons. The fraction of sp³-hybridized carbons (Fsp3) is 0.300. The highest BCUT2D eigenvalue weighted by atomic mass is 32.1. The number of piperidine rings is 1. The number of thiazole rings is 1. The van der Waals surface area contributed by atoms with Gasteiger partial charge in [-0.1, -0.05) is 6.92 Å². The molecule has 0 amide bonds. The number of nitrogens with two attached hydrogens (primary N) is 1. The van der Waals surface area contributed by atoms with Gasteiger partial charge in [0.15, 0.2) is 0 Å². The van der Waals surface area contributed by atoms with Crippen LogP contribution in [0.1, 0.15) is 13.3 Å². The maximum absolute atomic E-state index is 10.2. The Morgan fingerprint density at radius 2 is 2.10 bits per heavy atom. The molecule has 0 aromatic carbocycles. The van der Waals surface area contributed by atoms with Crippen LogP contribution in [0, 0.1) is 5.92 Å². The zero-order valence-corrected chi connectivity index (χ0v) is 17.2. The summed E-state index contributed by atoms with van der Waals surface area (Å²) in [5, 5.41) is 21.0. The molecule has 3 atom stereocenters. The molecule has 30 heavy (non-hydrogen) atoms. The summed E-state index contributed by atoms with van der Waals surface area (Å²) in [6.45, 7) is 2.69. The Balaban J connectivity index is 1.50. The van der Waals surface area contributed by atoms with Crippen LogP contribution < -0.4 is 16.0 Å². The number of rotatable bonds is 4. The summed E-state index contributed by atoms with van der Waals surface area (Å²) in [6.07, 6.45) is 6.89. The third-order valence-corrected chi connectivity index (χ3v) is 6.21. The second kappa shape index (κ2) is 7.63. The molecule has 4 N–H and O–H groups in total. The first-order chi connectivity index (χ1) is 14.6. The molecule has 9 nitrogen and oxygen atoms in total. The number of aliphatic hydroxyl groups excluding tert-OH is 1. The standard InChI is InChI=1S/C20H22N8OS/c1-12-11-27(18(21)8-17(12)29)16-4-5-22-10-15(16)25-20-24-9-13-2-3-14(26-28(13)20)19-23-6-7-30-19/h2-7,9-10,12,17-18,29H,8,11,21H2,1H3,(H,24,25). The van der Waals surface area contributed by atoms with E-state index in [4.69, 9.17) is 10.8 Å². The second-order valence-electron chi connectivity index (χ2n) is 7.49. The van der Waals surface area contributed by atoms with Crippen LogP contribution in [0.25, 0.3) is 16.2 Å². The van der Waals surface area contributed by atoms with E-state index in [-0.39, 0.29) is 18.2 Å². The lowest BCUT2D eigenvalue weighted by Crippen LogP contribution is -2.53. The maximum atomic E-state index is 10.2. The van der Waals surface area contributed by atoms with Crippen LogP contribution in [0.4, 0.5) is 17.3 Å². The average molecular weight is 423 g/mol. The lowest BCUT2D eigenvalue weighted by molar-refractivity contribution is 0.0822. The molecule has 5 rings (SSSR count). The van der Waals surface area contributed by atoms with Gasteiger partial charge in [-0.25, -0.2) is 9.97 Å². The van der Waals surface area contributed by atoms with E-state index in [1.165, 1.54) is 0 Å². The van der Waals surface area contributed by atoms with Gasteiger partial charge in [-0.3, -0.25) is 4.98 Å². The molecule has 0 spiro atoms. The van der Waals surface area contributed by atoms with Gasteiger partial charge >= 0.3 is 0 Å². The summed E-state index contributed by atoms with van der Waals surface area (Å²) >= 11 is 1.54. The predicted octanol–water partition coefficient (Wildman–Crippen LogP) is 2.48. The Labute approximate surface area is 177 Å².